The molecule has 4 atom stereocenters. The molecule has 21 heavy (non-hydrogen) atoms. The molecule has 0 saturated heterocycles. The number of carbonyl (C=O) groups is 2. The highest BCUT2D eigenvalue weighted by Crippen LogP contribution is 2.44. The number of carboxylic acids is 1. The van der Waals surface area contributed by atoms with Gasteiger partial charge in [0, 0.05) is 12.0 Å². The van der Waals surface area contributed by atoms with E-state index in [1.807, 2.05) is 34.6 Å². The maximum atomic E-state index is 12.6. The summed E-state index contributed by atoms with van der Waals surface area (Å²) < 4.78 is 0. The summed E-state index contributed by atoms with van der Waals surface area (Å²) in [4.78, 5) is 24.0. The fraction of sp³-hybridized carbons (Fsp3) is 0.875. The molecule has 1 fully saturated rings. The van der Waals surface area contributed by atoms with Crippen LogP contribution in [-0.4, -0.2) is 29.1 Å². The number of hydrogen-bond donors (Lipinski definition) is 3. The van der Waals surface area contributed by atoms with E-state index in [-0.39, 0.29) is 29.2 Å². The predicted octanol–water partition coefficient (Wildman–Crippen LogP) is 2.00. The number of nitrogens with one attached hydrogen (secondary N) is 1. The second-order valence-corrected chi connectivity index (χ2v) is 8.05. The molecular weight excluding hydrogens is 268 g/mol. The third-order valence-electron chi connectivity index (χ3n) is 5.22. The van der Waals surface area contributed by atoms with Crippen molar-refractivity contribution in [2.45, 2.75) is 66.5 Å². The molecule has 1 amide bonds. The number of carboxylic acid groups (broad SMARTS) is 1. The first kappa shape index (κ1) is 18.0. The molecule has 0 aliphatic heterocycles. The van der Waals surface area contributed by atoms with Gasteiger partial charge in [0.05, 0.1) is 0 Å². The lowest BCUT2D eigenvalue weighted by Gasteiger charge is -2.46. The predicted molar refractivity (Wildman–Crippen MR) is 82.7 cm³/mol. The largest absolute Gasteiger partial charge is 0.480 e. The normalized spacial score (nSPS) is 30.5. The van der Waals surface area contributed by atoms with Crippen molar-refractivity contribution in [2.75, 3.05) is 0 Å². The van der Waals surface area contributed by atoms with Gasteiger partial charge in [-0.15, -0.1) is 0 Å². The van der Waals surface area contributed by atoms with Crippen LogP contribution in [0, 0.1) is 22.7 Å². The highest BCUT2D eigenvalue weighted by molar-refractivity contribution is 5.86. The summed E-state index contributed by atoms with van der Waals surface area (Å²) in [6.45, 7) is 11.6. The molecule has 0 aromatic heterocycles. The van der Waals surface area contributed by atoms with Crippen LogP contribution in [0.2, 0.25) is 0 Å². The molecule has 3 unspecified atom stereocenters. The van der Waals surface area contributed by atoms with Crippen molar-refractivity contribution in [3.63, 3.8) is 0 Å². The van der Waals surface area contributed by atoms with Gasteiger partial charge in [0.15, 0.2) is 0 Å². The summed E-state index contributed by atoms with van der Waals surface area (Å²) in [6, 6.07) is -0.784. The van der Waals surface area contributed by atoms with Crippen LogP contribution in [0.4, 0.5) is 0 Å². The summed E-state index contributed by atoms with van der Waals surface area (Å²) in [5, 5.41) is 12.1. The first-order valence-electron chi connectivity index (χ1n) is 7.67. The number of carbonyl (C=O) groups excluding carboxylic acids is 1. The van der Waals surface area contributed by atoms with Crippen molar-refractivity contribution in [3.05, 3.63) is 0 Å². The minimum absolute atomic E-state index is 0.0990. The van der Waals surface area contributed by atoms with Crippen LogP contribution < -0.4 is 11.1 Å². The van der Waals surface area contributed by atoms with Gasteiger partial charge >= 0.3 is 5.97 Å². The molecule has 5 heteroatoms. The van der Waals surface area contributed by atoms with E-state index in [0.29, 0.717) is 6.42 Å². The Morgan fingerprint density at radius 1 is 1.29 bits per heavy atom. The van der Waals surface area contributed by atoms with Crippen molar-refractivity contribution in [1.82, 2.24) is 5.32 Å². The Balaban J connectivity index is 2.90. The van der Waals surface area contributed by atoms with E-state index in [0.717, 1.165) is 6.42 Å². The zero-order valence-corrected chi connectivity index (χ0v) is 14.1. The molecule has 1 aliphatic carbocycles. The summed E-state index contributed by atoms with van der Waals surface area (Å²) in [5.41, 5.74) is 5.35. The van der Waals surface area contributed by atoms with Crippen LogP contribution in [0.3, 0.4) is 0 Å². The van der Waals surface area contributed by atoms with Crippen molar-refractivity contribution in [2.24, 2.45) is 28.4 Å². The second kappa shape index (κ2) is 5.95. The lowest BCUT2D eigenvalue weighted by atomic mass is 9.61. The quantitative estimate of drug-likeness (QED) is 0.743. The van der Waals surface area contributed by atoms with Gasteiger partial charge in [-0.2, -0.15) is 0 Å². The van der Waals surface area contributed by atoms with Crippen molar-refractivity contribution < 1.29 is 14.7 Å². The monoisotopic (exact) mass is 298 g/mol. The first-order valence-corrected chi connectivity index (χ1v) is 7.67. The molecule has 0 aromatic carbocycles. The zero-order chi connectivity index (χ0) is 16.6. The molecule has 0 spiro atoms. The number of amides is 1. The third-order valence-corrected chi connectivity index (χ3v) is 5.22. The Kier molecular flexibility index (Phi) is 5.09. The van der Waals surface area contributed by atoms with Crippen molar-refractivity contribution in [1.29, 1.82) is 0 Å². The number of hydrogen-bond acceptors (Lipinski definition) is 3. The topological polar surface area (TPSA) is 92.4 Å². The number of rotatable bonds is 3. The second-order valence-electron chi connectivity index (χ2n) is 8.05. The first-order chi connectivity index (χ1) is 9.39. The molecule has 122 valence electrons. The van der Waals surface area contributed by atoms with Gasteiger partial charge in [0.1, 0.15) is 6.04 Å². The van der Waals surface area contributed by atoms with E-state index in [1.165, 1.54) is 0 Å². The van der Waals surface area contributed by atoms with E-state index >= 15 is 0 Å². The van der Waals surface area contributed by atoms with Gasteiger partial charge in [-0.1, -0.05) is 41.5 Å². The van der Waals surface area contributed by atoms with Crippen LogP contribution in [-0.2, 0) is 9.59 Å². The van der Waals surface area contributed by atoms with E-state index in [2.05, 4.69) is 12.2 Å². The van der Waals surface area contributed by atoms with Crippen LogP contribution >= 0.6 is 0 Å². The van der Waals surface area contributed by atoms with Gasteiger partial charge < -0.3 is 16.2 Å². The molecule has 0 heterocycles. The molecule has 5 nitrogen and oxygen atoms in total. The highest BCUT2D eigenvalue weighted by atomic mass is 16.4. The minimum Gasteiger partial charge on any atom is -0.480 e. The fourth-order valence-corrected chi connectivity index (χ4v) is 3.21. The Morgan fingerprint density at radius 2 is 1.81 bits per heavy atom. The lowest BCUT2D eigenvalue weighted by Crippen LogP contribution is -2.56. The van der Waals surface area contributed by atoms with Crippen LogP contribution in [0.1, 0.15) is 54.4 Å². The summed E-state index contributed by atoms with van der Waals surface area (Å²) in [5.74, 6) is -1.13. The Bertz CT molecular complexity index is 412. The molecule has 1 rings (SSSR count). The van der Waals surface area contributed by atoms with Crippen LogP contribution in [0.25, 0.3) is 0 Å². The van der Waals surface area contributed by atoms with Crippen molar-refractivity contribution >= 4 is 11.9 Å². The summed E-state index contributed by atoms with van der Waals surface area (Å²) in [7, 11) is 0. The standard InChI is InChI=1S/C16H30N2O3/c1-9-11(17)8-7-10(16(9,5)6)13(19)18-12(14(20)21)15(2,3)4/h9-12H,7-8,17H2,1-6H3,(H,18,19)(H,20,21)/t9?,10?,11?,12-/m1/s1. The minimum atomic E-state index is -0.991. The van der Waals surface area contributed by atoms with Crippen LogP contribution in [0.5, 0.6) is 0 Å². The van der Waals surface area contributed by atoms with E-state index in [1.54, 1.807) is 0 Å². The molecule has 0 radical (unpaired) electrons. The lowest BCUT2D eigenvalue weighted by molar-refractivity contribution is -0.147. The molecule has 0 aromatic rings. The zero-order valence-electron chi connectivity index (χ0n) is 14.1. The van der Waals surface area contributed by atoms with Gasteiger partial charge in [-0.05, 0) is 29.6 Å². The van der Waals surface area contributed by atoms with Gasteiger partial charge in [-0.3, -0.25) is 4.79 Å². The van der Waals surface area contributed by atoms with E-state index in [9.17, 15) is 14.7 Å². The molecule has 4 N–H and O–H groups in total. The molecule has 1 saturated carbocycles. The smallest absolute Gasteiger partial charge is 0.326 e. The Morgan fingerprint density at radius 3 is 2.24 bits per heavy atom. The average Bonchev–Trinajstić information content (AvgIpc) is 2.31. The van der Waals surface area contributed by atoms with Gasteiger partial charge in [0.25, 0.3) is 0 Å². The Hall–Kier alpha value is -1.10. The Labute approximate surface area is 127 Å². The molecule has 1 aliphatic rings. The highest BCUT2D eigenvalue weighted by Gasteiger charge is 2.46. The summed E-state index contributed by atoms with van der Waals surface area (Å²) in [6.07, 6.45) is 1.51. The third kappa shape index (κ3) is 3.76. The van der Waals surface area contributed by atoms with E-state index < -0.39 is 17.4 Å². The van der Waals surface area contributed by atoms with E-state index in [4.69, 9.17) is 5.73 Å². The van der Waals surface area contributed by atoms with Crippen LogP contribution in [0.15, 0.2) is 0 Å². The summed E-state index contributed by atoms with van der Waals surface area (Å²) >= 11 is 0. The maximum absolute atomic E-state index is 12.6. The molecular formula is C16H30N2O3. The maximum Gasteiger partial charge on any atom is 0.326 e. The fourth-order valence-electron chi connectivity index (χ4n) is 3.21. The average molecular weight is 298 g/mol. The molecule has 0 bridgehead atoms. The number of nitrogens with two attached hydrogens (primary N) is 1. The number of aliphatic carboxylic acids is 1. The SMILES string of the molecule is CC1C(N)CCC(C(=O)N[C@H](C(=O)O)C(C)(C)C)C1(C)C. The van der Waals surface area contributed by atoms with Crippen molar-refractivity contribution in [3.8, 4) is 0 Å². The van der Waals surface area contributed by atoms with Gasteiger partial charge in [0.2, 0.25) is 5.91 Å². The van der Waals surface area contributed by atoms with Gasteiger partial charge in [-0.25, -0.2) is 4.79 Å².